The van der Waals surface area contributed by atoms with E-state index in [1.807, 2.05) is 0 Å². The van der Waals surface area contributed by atoms with Crippen molar-refractivity contribution in [2.24, 2.45) is 5.73 Å². The molecule has 0 heterocycles. The summed E-state index contributed by atoms with van der Waals surface area (Å²) in [5.41, 5.74) is 3.97. The molecule has 0 bridgehead atoms. The van der Waals surface area contributed by atoms with Crippen molar-refractivity contribution < 1.29 is 27.1 Å². The zero-order valence-electron chi connectivity index (χ0n) is 8.40. The van der Waals surface area contributed by atoms with Crippen molar-refractivity contribution in [1.29, 1.82) is 0 Å². The number of aromatic hydroxyl groups is 1. The molecule has 0 unspecified atom stereocenters. The smallest absolute Gasteiger partial charge is 0.455 e. The van der Waals surface area contributed by atoms with Crippen molar-refractivity contribution in [3.63, 3.8) is 0 Å². The van der Waals surface area contributed by atoms with Gasteiger partial charge in [-0.25, -0.2) is 0 Å². The molecule has 0 fully saturated rings. The minimum Gasteiger partial charge on any atom is -0.506 e. The van der Waals surface area contributed by atoms with Crippen LogP contribution in [0, 0.1) is 0 Å². The van der Waals surface area contributed by atoms with E-state index in [9.17, 15) is 27.1 Å². The first kappa shape index (κ1) is 15.3. The highest BCUT2D eigenvalue weighted by molar-refractivity contribution is 6.35. The minimum atomic E-state index is -5.85. The number of alkyl halides is 5. The average Bonchev–Trinajstić information content (AvgIpc) is 2.20. The second-order valence-corrected chi connectivity index (χ2v) is 4.27. The second-order valence-electron chi connectivity index (χ2n) is 3.42. The van der Waals surface area contributed by atoms with E-state index in [0.29, 0.717) is 6.07 Å². The van der Waals surface area contributed by atoms with Gasteiger partial charge in [-0.2, -0.15) is 22.0 Å². The Morgan fingerprint density at radius 3 is 2.06 bits per heavy atom. The summed E-state index contributed by atoms with van der Waals surface area (Å²) in [6, 6.07) is -1.12. The topological polar surface area (TPSA) is 46.2 Å². The van der Waals surface area contributed by atoms with Crippen LogP contribution in [0.1, 0.15) is 11.6 Å². The van der Waals surface area contributed by atoms with Gasteiger partial charge in [0.05, 0.1) is 5.02 Å². The SMILES string of the molecule is N[C@H](c1cc(Cl)cc(Cl)c1O)C(F)(F)C(F)(F)F. The third-order valence-corrected chi connectivity index (χ3v) is 2.67. The summed E-state index contributed by atoms with van der Waals surface area (Å²) in [6.07, 6.45) is -5.85. The largest absolute Gasteiger partial charge is 0.506 e. The molecule has 102 valence electrons. The fourth-order valence-electron chi connectivity index (χ4n) is 1.19. The molecule has 2 nitrogen and oxygen atoms in total. The van der Waals surface area contributed by atoms with Crippen LogP contribution in [-0.2, 0) is 0 Å². The normalized spacial score (nSPS) is 14.7. The Bertz CT molecular complexity index is 463. The lowest BCUT2D eigenvalue weighted by Gasteiger charge is -2.26. The number of rotatable bonds is 2. The first-order chi connectivity index (χ1) is 7.98. The lowest BCUT2D eigenvalue weighted by Crippen LogP contribution is -2.45. The Kier molecular flexibility index (Phi) is 4.00. The second kappa shape index (κ2) is 4.71. The Morgan fingerprint density at radius 2 is 1.61 bits per heavy atom. The van der Waals surface area contributed by atoms with E-state index in [1.54, 1.807) is 0 Å². The summed E-state index contributed by atoms with van der Waals surface area (Å²) < 4.78 is 62.4. The molecule has 0 saturated heterocycles. The summed E-state index contributed by atoms with van der Waals surface area (Å²) in [5, 5.41) is 8.66. The van der Waals surface area contributed by atoms with Gasteiger partial charge in [0.1, 0.15) is 11.8 Å². The Balaban J connectivity index is 3.31. The molecule has 18 heavy (non-hydrogen) atoms. The molecule has 1 rings (SSSR count). The first-order valence-electron chi connectivity index (χ1n) is 4.36. The van der Waals surface area contributed by atoms with Gasteiger partial charge in [0.15, 0.2) is 0 Å². The number of hydrogen-bond donors (Lipinski definition) is 2. The van der Waals surface area contributed by atoms with Crippen LogP contribution < -0.4 is 5.73 Å². The van der Waals surface area contributed by atoms with Gasteiger partial charge in [0.2, 0.25) is 0 Å². The highest BCUT2D eigenvalue weighted by atomic mass is 35.5. The number of hydrogen-bond acceptors (Lipinski definition) is 2. The fraction of sp³-hybridized carbons (Fsp3) is 0.333. The molecular formula is C9H6Cl2F5NO. The van der Waals surface area contributed by atoms with Gasteiger partial charge < -0.3 is 10.8 Å². The zero-order chi connectivity index (χ0) is 14.3. The summed E-state index contributed by atoms with van der Waals surface area (Å²) in [4.78, 5) is 0. The molecule has 0 spiro atoms. The number of benzene rings is 1. The predicted octanol–water partition coefficient (Wildman–Crippen LogP) is 3.90. The molecule has 1 atom stereocenters. The maximum Gasteiger partial charge on any atom is 0.455 e. The van der Waals surface area contributed by atoms with Gasteiger partial charge in [0, 0.05) is 10.6 Å². The maximum atomic E-state index is 13.0. The van der Waals surface area contributed by atoms with Crippen LogP contribution in [0.5, 0.6) is 5.75 Å². The first-order valence-corrected chi connectivity index (χ1v) is 5.12. The number of nitrogens with two attached hydrogens (primary N) is 1. The van der Waals surface area contributed by atoms with Gasteiger partial charge in [-0.05, 0) is 12.1 Å². The van der Waals surface area contributed by atoms with E-state index in [-0.39, 0.29) is 5.02 Å². The van der Waals surface area contributed by atoms with Crippen LogP contribution in [0.3, 0.4) is 0 Å². The average molecular weight is 310 g/mol. The Labute approximate surface area is 108 Å². The van der Waals surface area contributed by atoms with E-state index in [2.05, 4.69) is 0 Å². The van der Waals surface area contributed by atoms with Gasteiger partial charge in [-0.1, -0.05) is 23.2 Å². The lowest BCUT2D eigenvalue weighted by atomic mass is 10.00. The molecule has 0 aliphatic heterocycles. The molecule has 1 aromatic carbocycles. The lowest BCUT2D eigenvalue weighted by molar-refractivity contribution is -0.291. The molecule has 3 N–H and O–H groups in total. The van der Waals surface area contributed by atoms with Crippen molar-refractivity contribution in [1.82, 2.24) is 0 Å². The summed E-state index contributed by atoms with van der Waals surface area (Å²) in [5.74, 6) is -6.18. The van der Waals surface area contributed by atoms with Crippen LogP contribution in [0.4, 0.5) is 22.0 Å². The monoisotopic (exact) mass is 309 g/mol. The van der Waals surface area contributed by atoms with Crippen molar-refractivity contribution in [3.8, 4) is 5.75 Å². The van der Waals surface area contributed by atoms with Crippen LogP contribution >= 0.6 is 23.2 Å². The molecule has 9 heteroatoms. The highest BCUT2D eigenvalue weighted by Crippen LogP contribution is 2.46. The summed E-state index contributed by atoms with van der Waals surface area (Å²) in [7, 11) is 0. The zero-order valence-corrected chi connectivity index (χ0v) is 9.91. The van der Waals surface area contributed by atoms with E-state index in [0.717, 1.165) is 6.07 Å². The molecule has 1 aromatic rings. The van der Waals surface area contributed by atoms with Crippen molar-refractivity contribution >= 4 is 23.2 Å². The van der Waals surface area contributed by atoms with Crippen LogP contribution in [0.15, 0.2) is 12.1 Å². The Morgan fingerprint density at radius 1 is 1.11 bits per heavy atom. The molecule has 0 aliphatic carbocycles. The maximum absolute atomic E-state index is 13.0. The van der Waals surface area contributed by atoms with E-state index < -0.39 is 34.5 Å². The summed E-state index contributed by atoms with van der Waals surface area (Å²) in [6.45, 7) is 0. The van der Waals surface area contributed by atoms with Gasteiger partial charge in [0.25, 0.3) is 0 Å². The minimum absolute atomic E-state index is 0.221. The van der Waals surface area contributed by atoms with Crippen LogP contribution in [0.25, 0.3) is 0 Å². The van der Waals surface area contributed by atoms with Crippen LogP contribution in [-0.4, -0.2) is 17.2 Å². The standard InChI is InChI=1S/C9H6Cl2F5NO/c10-3-1-4(6(18)5(11)2-3)7(17)8(12,13)9(14,15)16/h1-2,7,18H,17H2/t7-/m1/s1. The quantitative estimate of drug-likeness (QED) is 0.814. The molecule has 0 saturated carbocycles. The number of phenols is 1. The van der Waals surface area contributed by atoms with E-state index >= 15 is 0 Å². The van der Waals surface area contributed by atoms with E-state index in [1.165, 1.54) is 0 Å². The molecule has 0 amide bonds. The van der Waals surface area contributed by atoms with Gasteiger partial charge in [-0.3, -0.25) is 0 Å². The summed E-state index contributed by atoms with van der Waals surface area (Å²) >= 11 is 10.9. The molecular weight excluding hydrogens is 304 g/mol. The van der Waals surface area contributed by atoms with Crippen LogP contribution in [0.2, 0.25) is 10.0 Å². The molecule has 0 radical (unpaired) electrons. The molecule has 0 aliphatic rings. The predicted molar refractivity (Wildman–Crippen MR) is 56.1 cm³/mol. The van der Waals surface area contributed by atoms with Gasteiger partial charge in [-0.15, -0.1) is 0 Å². The van der Waals surface area contributed by atoms with Gasteiger partial charge >= 0.3 is 12.1 Å². The van der Waals surface area contributed by atoms with Crippen molar-refractivity contribution in [3.05, 3.63) is 27.7 Å². The number of halogens is 7. The van der Waals surface area contributed by atoms with Crippen molar-refractivity contribution in [2.45, 2.75) is 18.1 Å². The third-order valence-electron chi connectivity index (χ3n) is 2.16. The molecule has 0 aromatic heterocycles. The fourth-order valence-corrected chi connectivity index (χ4v) is 1.70. The number of phenolic OH excluding ortho intramolecular Hbond substituents is 1. The Hall–Kier alpha value is -0.790. The van der Waals surface area contributed by atoms with Crippen molar-refractivity contribution in [2.75, 3.05) is 0 Å². The highest BCUT2D eigenvalue weighted by Gasteiger charge is 2.62. The third kappa shape index (κ3) is 2.62. The van der Waals surface area contributed by atoms with E-state index in [4.69, 9.17) is 28.9 Å².